The molecule has 1 aliphatic rings. The number of aromatic nitrogens is 1. The highest BCUT2D eigenvalue weighted by molar-refractivity contribution is 6.05. The molecule has 1 amide bonds. The largest absolute Gasteiger partial charge is 0.361 e. The van der Waals surface area contributed by atoms with Gasteiger partial charge in [0, 0.05) is 47.0 Å². The Kier molecular flexibility index (Phi) is 4.12. The number of nitrogens with one attached hydrogen (secondary N) is 2. The number of hydrogen-bond donors (Lipinski definition) is 2. The molecule has 1 aromatic heterocycles. The van der Waals surface area contributed by atoms with Crippen molar-refractivity contribution >= 4 is 28.1 Å². The minimum absolute atomic E-state index is 0.0875. The number of aromatic amines is 1. The maximum atomic E-state index is 12.4. The molecule has 0 fully saturated rings. The van der Waals surface area contributed by atoms with Gasteiger partial charge in [0.1, 0.15) is 0 Å². The Balaban J connectivity index is 1.63. The van der Waals surface area contributed by atoms with Crippen LogP contribution >= 0.6 is 0 Å². The van der Waals surface area contributed by atoms with Gasteiger partial charge in [0.15, 0.2) is 0 Å². The van der Waals surface area contributed by atoms with Gasteiger partial charge >= 0.3 is 0 Å². The van der Waals surface area contributed by atoms with Gasteiger partial charge in [-0.05, 0) is 49.4 Å². The van der Waals surface area contributed by atoms with E-state index in [-0.39, 0.29) is 5.91 Å². The van der Waals surface area contributed by atoms with Gasteiger partial charge in [-0.1, -0.05) is 24.3 Å². The molecule has 2 heterocycles. The van der Waals surface area contributed by atoms with Crippen LogP contribution < -0.4 is 5.32 Å². The molecule has 0 saturated carbocycles. The third kappa shape index (κ3) is 3.21. The molecule has 2 aromatic carbocycles. The first kappa shape index (κ1) is 15.7. The molecule has 25 heavy (non-hydrogen) atoms. The lowest BCUT2D eigenvalue weighted by atomic mass is 9.99. The lowest BCUT2D eigenvalue weighted by Crippen LogP contribution is -2.23. The third-order valence-electron chi connectivity index (χ3n) is 4.73. The van der Waals surface area contributed by atoms with E-state index in [0.717, 1.165) is 36.1 Å². The fourth-order valence-electron chi connectivity index (χ4n) is 3.27. The summed E-state index contributed by atoms with van der Waals surface area (Å²) in [5.74, 6) is -0.0875. The third-order valence-corrected chi connectivity index (χ3v) is 4.73. The fourth-order valence-corrected chi connectivity index (χ4v) is 3.27. The van der Waals surface area contributed by atoms with Crippen molar-refractivity contribution in [3.8, 4) is 0 Å². The first-order chi connectivity index (χ1) is 12.2. The van der Waals surface area contributed by atoms with Crippen molar-refractivity contribution in [3.63, 3.8) is 0 Å². The summed E-state index contributed by atoms with van der Waals surface area (Å²) in [7, 11) is 2.14. The summed E-state index contributed by atoms with van der Waals surface area (Å²) >= 11 is 0. The van der Waals surface area contributed by atoms with Crippen LogP contribution in [0.3, 0.4) is 0 Å². The minimum atomic E-state index is -0.0875. The number of anilines is 1. The molecule has 4 rings (SSSR count). The average Bonchev–Trinajstić information content (AvgIpc) is 3.06. The number of H-pyrrole nitrogens is 1. The molecule has 4 nitrogen and oxygen atoms in total. The predicted molar refractivity (Wildman–Crippen MR) is 103 cm³/mol. The number of hydrogen-bond acceptors (Lipinski definition) is 2. The first-order valence-electron chi connectivity index (χ1n) is 8.56. The summed E-state index contributed by atoms with van der Waals surface area (Å²) in [6.07, 6.45) is 5.41. The SMILES string of the molecule is CN1CC=C(c2c[nH]c3ccc(NC(=O)c4ccccc4)cc23)CC1. The summed E-state index contributed by atoms with van der Waals surface area (Å²) in [4.78, 5) is 18.0. The number of rotatable bonds is 3. The van der Waals surface area contributed by atoms with Gasteiger partial charge in [0.2, 0.25) is 0 Å². The Morgan fingerprint density at radius 3 is 2.76 bits per heavy atom. The summed E-state index contributed by atoms with van der Waals surface area (Å²) in [5, 5.41) is 4.15. The molecule has 0 spiro atoms. The van der Waals surface area contributed by atoms with Crippen molar-refractivity contribution in [2.24, 2.45) is 0 Å². The first-order valence-corrected chi connectivity index (χ1v) is 8.56. The van der Waals surface area contributed by atoms with E-state index < -0.39 is 0 Å². The summed E-state index contributed by atoms with van der Waals surface area (Å²) in [5.41, 5.74) is 5.17. The van der Waals surface area contributed by atoms with Gasteiger partial charge in [-0.15, -0.1) is 0 Å². The summed E-state index contributed by atoms with van der Waals surface area (Å²) in [6.45, 7) is 2.05. The molecule has 0 atom stereocenters. The van der Waals surface area contributed by atoms with E-state index in [1.807, 2.05) is 42.5 Å². The van der Waals surface area contributed by atoms with Gasteiger partial charge in [-0.25, -0.2) is 0 Å². The van der Waals surface area contributed by atoms with E-state index in [1.165, 1.54) is 11.1 Å². The Labute approximate surface area is 147 Å². The standard InChI is InChI=1S/C21H21N3O/c1-24-11-9-15(10-12-24)19-14-22-20-8-7-17(13-18(19)20)23-21(25)16-5-3-2-4-6-16/h2-9,13-14,22H,10-12H2,1H3,(H,23,25). The number of carbonyl (C=O) groups excluding carboxylic acids is 1. The van der Waals surface area contributed by atoms with E-state index in [4.69, 9.17) is 0 Å². The molecule has 0 saturated heterocycles. The second-order valence-electron chi connectivity index (χ2n) is 6.52. The molecule has 126 valence electrons. The van der Waals surface area contributed by atoms with Crippen molar-refractivity contribution in [2.75, 3.05) is 25.5 Å². The quantitative estimate of drug-likeness (QED) is 0.758. The highest BCUT2D eigenvalue weighted by atomic mass is 16.1. The van der Waals surface area contributed by atoms with Crippen LogP contribution in [0.2, 0.25) is 0 Å². The van der Waals surface area contributed by atoms with E-state index >= 15 is 0 Å². The molecule has 0 unspecified atom stereocenters. The fraction of sp³-hybridized carbons (Fsp3) is 0.190. The average molecular weight is 331 g/mol. The number of benzene rings is 2. The van der Waals surface area contributed by atoms with Crippen molar-refractivity contribution in [1.29, 1.82) is 0 Å². The van der Waals surface area contributed by atoms with Crippen LogP contribution in [0, 0.1) is 0 Å². The monoisotopic (exact) mass is 331 g/mol. The molecule has 0 radical (unpaired) electrons. The molecular weight excluding hydrogens is 310 g/mol. The lowest BCUT2D eigenvalue weighted by Gasteiger charge is -2.21. The molecule has 0 aliphatic carbocycles. The highest BCUT2D eigenvalue weighted by Gasteiger charge is 2.14. The second-order valence-corrected chi connectivity index (χ2v) is 6.52. The normalized spacial score (nSPS) is 15.2. The van der Waals surface area contributed by atoms with Crippen LogP contribution in [0.1, 0.15) is 22.3 Å². The number of likely N-dealkylation sites (N-methyl/N-ethyl adjacent to an activating group) is 1. The van der Waals surface area contributed by atoms with Crippen LogP contribution in [0.15, 0.2) is 60.8 Å². The maximum Gasteiger partial charge on any atom is 0.255 e. The molecular formula is C21H21N3O. The zero-order valence-corrected chi connectivity index (χ0v) is 14.3. The predicted octanol–water partition coefficient (Wildman–Crippen LogP) is 4.14. The zero-order chi connectivity index (χ0) is 17.2. The lowest BCUT2D eigenvalue weighted by molar-refractivity contribution is 0.102. The number of carbonyl (C=O) groups is 1. The number of nitrogens with zero attached hydrogens (tertiary/aromatic N) is 1. The molecule has 0 bridgehead atoms. The van der Waals surface area contributed by atoms with Crippen molar-refractivity contribution in [3.05, 3.63) is 71.9 Å². The maximum absolute atomic E-state index is 12.4. The molecule has 2 N–H and O–H groups in total. The Bertz CT molecular complexity index is 940. The summed E-state index contributed by atoms with van der Waals surface area (Å²) < 4.78 is 0. The molecule has 4 heteroatoms. The van der Waals surface area contributed by atoms with Crippen molar-refractivity contribution < 1.29 is 4.79 Å². The van der Waals surface area contributed by atoms with Gasteiger partial charge in [-0.3, -0.25) is 4.79 Å². The van der Waals surface area contributed by atoms with E-state index in [9.17, 15) is 4.79 Å². The Morgan fingerprint density at radius 1 is 1.16 bits per heavy atom. The summed E-state index contributed by atoms with van der Waals surface area (Å²) in [6, 6.07) is 15.3. The van der Waals surface area contributed by atoms with Gasteiger partial charge in [-0.2, -0.15) is 0 Å². The Hall–Kier alpha value is -2.85. The van der Waals surface area contributed by atoms with Gasteiger partial charge in [0.25, 0.3) is 5.91 Å². The van der Waals surface area contributed by atoms with Crippen LogP contribution in [-0.2, 0) is 0 Å². The zero-order valence-electron chi connectivity index (χ0n) is 14.3. The van der Waals surface area contributed by atoms with Crippen LogP contribution in [-0.4, -0.2) is 35.9 Å². The topological polar surface area (TPSA) is 48.1 Å². The van der Waals surface area contributed by atoms with Gasteiger partial charge < -0.3 is 15.2 Å². The second kappa shape index (κ2) is 6.57. The number of fused-ring (bicyclic) bond motifs is 1. The Morgan fingerprint density at radius 2 is 2.00 bits per heavy atom. The minimum Gasteiger partial charge on any atom is -0.361 e. The van der Waals surface area contributed by atoms with E-state index in [0.29, 0.717) is 5.56 Å². The van der Waals surface area contributed by atoms with Crippen molar-refractivity contribution in [2.45, 2.75) is 6.42 Å². The number of amides is 1. The molecule has 1 aliphatic heterocycles. The van der Waals surface area contributed by atoms with Crippen LogP contribution in [0.5, 0.6) is 0 Å². The van der Waals surface area contributed by atoms with E-state index in [1.54, 1.807) is 0 Å². The molecule has 3 aromatic rings. The smallest absolute Gasteiger partial charge is 0.255 e. The highest BCUT2D eigenvalue weighted by Crippen LogP contribution is 2.30. The van der Waals surface area contributed by atoms with Crippen LogP contribution in [0.4, 0.5) is 5.69 Å². The van der Waals surface area contributed by atoms with Crippen LogP contribution in [0.25, 0.3) is 16.5 Å². The van der Waals surface area contributed by atoms with E-state index in [2.05, 4.69) is 40.6 Å². The van der Waals surface area contributed by atoms with Gasteiger partial charge in [0.05, 0.1) is 0 Å². The van der Waals surface area contributed by atoms with Crippen molar-refractivity contribution in [1.82, 2.24) is 9.88 Å².